The van der Waals surface area contributed by atoms with Crippen molar-refractivity contribution in [3.05, 3.63) is 83.8 Å². The molecule has 1 aliphatic rings. The number of nitrogens with one attached hydrogen (secondary N) is 3. The van der Waals surface area contributed by atoms with Crippen molar-refractivity contribution in [2.75, 3.05) is 25.0 Å². The average molecular weight is 729 g/mol. The number of hydrogen-bond acceptors (Lipinski definition) is 7. The molecular weight excluding hydrogens is 681 g/mol. The van der Waals surface area contributed by atoms with Crippen LogP contribution >= 0.6 is 0 Å². The number of anilines is 1. The van der Waals surface area contributed by atoms with Gasteiger partial charge in [-0.05, 0) is 76.6 Å². The largest absolute Gasteiger partial charge is 0.444 e. The second kappa shape index (κ2) is 16.6. The number of alkyl halides is 3. The number of aromatic nitrogens is 2. The maximum absolute atomic E-state index is 13.9. The Balaban J connectivity index is 1.55. The van der Waals surface area contributed by atoms with Gasteiger partial charge in [-0.3, -0.25) is 14.4 Å². The molecule has 4 rings (SSSR count). The standard InChI is InChI=1S/C37H47F3N6O6/c1-24-16-18-45(19-17-24)32(48)30(26-12-14-27(15-13-26)37(38,39)40)46-20-29(41-23-46)43-31(47)28(22-51-21-25-10-8-7-9-11-25)42-33(49)36(5,6)44-34(50)52-35(2,3)4/h7-15,20,23-24,28,30H,16-19,21-22H2,1-6H3,(H,42,49)(H,43,47)(H,44,50)/t28-,30?/m1/s1. The molecule has 0 aliphatic carbocycles. The number of halogens is 3. The number of carbonyl (C=O) groups is 4. The van der Waals surface area contributed by atoms with Crippen molar-refractivity contribution in [2.24, 2.45) is 5.92 Å². The van der Waals surface area contributed by atoms with E-state index in [0.29, 0.717) is 24.6 Å². The monoisotopic (exact) mass is 728 g/mol. The molecule has 2 aromatic carbocycles. The maximum Gasteiger partial charge on any atom is 0.416 e. The summed E-state index contributed by atoms with van der Waals surface area (Å²) in [5.74, 6) is -1.26. The molecule has 1 aromatic heterocycles. The quantitative estimate of drug-likeness (QED) is 0.217. The Kier molecular flexibility index (Phi) is 12.7. The molecule has 1 fully saturated rings. The van der Waals surface area contributed by atoms with Gasteiger partial charge in [0.15, 0.2) is 5.82 Å². The van der Waals surface area contributed by atoms with Crippen LogP contribution in [0.1, 0.15) is 77.1 Å². The first kappa shape index (κ1) is 39.9. The van der Waals surface area contributed by atoms with Gasteiger partial charge in [0, 0.05) is 19.3 Å². The van der Waals surface area contributed by atoms with Crippen LogP contribution in [0, 0.1) is 5.92 Å². The van der Waals surface area contributed by atoms with Crippen molar-refractivity contribution in [1.29, 1.82) is 0 Å². The minimum atomic E-state index is -4.55. The number of imidazole rings is 1. The predicted molar refractivity (Wildman–Crippen MR) is 187 cm³/mol. The van der Waals surface area contributed by atoms with Gasteiger partial charge in [0.05, 0.1) is 25.1 Å². The molecule has 0 radical (unpaired) electrons. The van der Waals surface area contributed by atoms with Crippen LogP contribution in [0.25, 0.3) is 0 Å². The third-order valence-electron chi connectivity index (χ3n) is 8.43. The zero-order chi connectivity index (χ0) is 38.3. The number of benzene rings is 2. The second-order valence-corrected chi connectivity index (χ2v) is 14.5. The molecule has 3 N–H and O–H groups in total. The summed E-state index contributed by atoms with van der Waals surface area (Å²) in [6, 6.07) is 11.3. The number of hydrogen-bond donors (Lipinski definition) is 3. The van der Waals surface area contributed by atoms with Crippen molar-refractivity contribution in [3.8, 4) is 0 Å². The minimum absolute atomic E-state index is 0.0235. The van der Waals surface area contributed by atoms with E-state index in [0.717, 1.165) is 30.5 Å². The molecule has 2 atom stereocenters. The third kappa shape index (κ3) is 11.3. The van der Waals surface area contributed by atoms with E-state index in [1.807, 2.05) is 30.3 Å². The van der Waals surface area contributed by atoms with Gasteiger partial charge in [0.2, 0.25) is 11.8 Å². The number of ether oxygens (including phenoxy) is 2. The molecule has 0 bridgehead atoms. The lowest BCUT2D eigenvalue weighted by Crippen LogP contribution is -2.59. The third-order valence-corrected chi connectivity index (χ3v) is 8.43. The summed E-state index contributed by atoms with van der Waals surface area (Å²) in [6.45, 7) is 10.9. The zero-order valence-electron chi connectivity index (χ0n) is 30.3. The average Bonchev–Trinajstić information content (AvgIpc) is 3.51. The number of rotatable bonds is 12. The molecule has 0 saturated carbocycles. The molecule has 3 aromatic rings. The van der Waals surface area contributed by atoms with Crippen molar-refractivity contribution in [1.82, 2.24) is 25.1 Å². The molecule has 282 valence electrons. The van der Waals surface area contributed by atoms with Gasteiger partial charge in [0.1, 0.15) is 23.2 Å². The fourth-order valence-corrected chi connectivity index (χ4v) is 5.46. The number of amides is 4. The number of carbonyl (C=O) groups excluding carboxylic acids is 4. The zero-order valence-corrected chi connectivity index (χ0v) is 30.3. The molecule has 1 aliphatic heterocycles. The van der Waals surface area contributed by atoms with E-state index in [-0.39, 0.29) is 24.9 Å². The Hall–Kier alpha value is -4.92. The Morgan fingerprint density at radius 1 is 0.942 bits per heavy atom. The molecule has 2 heterocycles. The molecule has 0 spiro atoms. The van der Waals surface area contributed by atoms with Crippen molar-refractivity contribution >= 4 is 29.6 Å². The summed E-state index contributed by atoms with van der Waals surface area (Å²) >= 11 is 0. The second-order valence-electron chi connectivity index (χ2n) is 14.5. The van der Waals surface area contributed by atoms with Crippen LogP contribution in [0.4, 0.5) is 23.8 Å². The Bertz CT molecular complexity index is 1680. The van der Waals surface area contributed by atoms with Gasteiger partial charge in [-0.2, -0.15) is 13.2 Å². The lowest BCUT2D eigenvalue weighted by atomic mass is 9.97. The smallest absolute Gasteiger partial charge is 0.416 e. The normalized spacial score (nSPS) is 15.4. The summed E-state index contributed by atoms with van der Waals surface area (Å²) in [4.78, 5) is 59.4. The molecule has 1 unspecified atom stereocenters. The minimum Gasteiger partial charge on any atom is -0.444 e. The van der Waals surface area contributed by atoms with E-state index in [1.165, 1.54) is 43.1 Å². The lowest BCUT2D eigenvalue weighted by Gasteiger charge is -2.33. The first-order chi connectivity index (χ1) is 24.3. The molecular formula is C37H47F3N6O6. The topological polar surface area (TPSA) is 144 Å². The first-order valence-corrected chi connectivity index (χ1v) is 17.1. The number of piperidine rings is 1. The number of likely N-dealkylation sites (tertiary alicyclic amines) is 1. The number of alkyl carbamates (subject to hydrolysis) is 1. The summed E-state index contributed by atoms with van der Waals surface area (Å²) < 4.78 is 52.6. The highest BCUT2D eigenvalue weighted by Crippen LogP contribution is 2.32. The van der Waals surface area contributed by atoms with Crippen LogP contribution in [0.15, 0.2) is 67.1 Å². The molecule has 15 heteroatoms. The fourth-order valence-electron chi connectivity index (χ4n) is 5.46. The van der Waals surface area contributed by atoms with Gasteiger partial charge in [0.25, 0.3) is 5.91 Å². The van der Waals surface area contributed by atoms with Gasteiger partial charge < -0.3 is 34.9 Å². The van der Waals surface area contributed by atoms with Crippen molar-refractivity contribution in [3.63, 3.8) is 0 Å². The van der Waals surface area contributed by atoms with E-state index < -0.39 is 52.9 Å². The van der Waals surface area contributed by atoms with E-state index in [1.54, 1.807) is 25.7 Å². The lowest BCUT2D eigenvalue weighted by molar-refractivity contribution is -0.137. The van der Waals surface area contributed by atoms with E-state index >= 15 is 0 Å². The van der Waals surface area contributed by atoms with Crippen molar-refractivity contribution in [2.45, 2.75) is 90.4 Å². The molecule has 52 heavy (non-hydrogen) atoms. The fraction of sp³-hybridized carbons (Fsp3) is 0.486. The number of nitrogens with zero attached hydrogens (tertiary/aromatic N) is 3. The predicted octanol–water partition coefficient (Wildman–Crippen LogP) is 5.69. The van der Waals surface area contributed by atoms with Crippen LogP contribution in [0.3, 0.4) is 0 Å². The van der Waals surface area contributed by atoms with Gasteiger partial charge >= 0.3 is 12.3 Å². The highest BCUT2D eigenvalue weighted by atomic mass is 19.4. The molecule has 1 saturated heterocycles. The summed E-state index contributed by atoms with van der Waals surface area (Å²) in [5.41, 5.74) is -2.01. The van der Waals surface area contributed by atoms with Crippen LogP contribution in [-0.4, -0.2) is 75.1 Å². The van der Waals surface area contributed by atoms with Gasteiger partial charge in [-0.15, -0.1) is 0 Å². The molecule has 12 nitrogen and oxygen atoms in total. The van der Waals surface area contributed by atoms with E-state index in [2.05, 4.69) is 27.9 Å². The Labute approximate surface area is 301 Å². The van der Waals surface area contributed by atoms with Crippen LogP contribution < -0.4 is 16.0 Å². The first-order valence-electron chi connectivity index (χ1n) is 17.1. The maximum atomic E-state index is 13.9. The van der Waals surface area contributed by atoms with E-state index in [4.69, 9.17) is 9.47 Å². The van der Waals surface area contributed by atoms with Crippen LogP contribution in [0.5, 0.6) is 0 Å². The SMILES string of the molecule is CC1CCN(C(=O)C(c2ccc(C(F)(F)F)cc2)n2cnc(NC(=O)[C@@H](COCc3ccccc3)NC(=O)C(C)(C)NC(=O)OC(C)(C)C)c2)CC1. The van der Waals surface area contributed by atoms with Gasteiger partial charge in [-0.25, -0.2) is 9.78 Å². The molecule has 4 amide bonds. The highest BCUT2D eigenvalue weighted by Gasteiger charge is 2.36. The summed E-state index contributed by atoms with van der Waals surface area (Å²) in [7, 11) is 0. The Morgan fingerprint density at radius 3 is 2.17 bits per heavy atom. The van der Waals surface area contributed by atoms with E-state index in [9.17, 15) is 32.3 Å². The van der Waals surface area contributed by atoms with Gasteiger partial charge in [-0.1, -0.05) is 49.4 Å². The summed E-state index contributed by atoms with van der Waals surface area (Å²) in [5, 5.41) is 7.80. The van der Waals surface area contributed by atoms with Crippen LogP contribution in [-0.2, 0) is 36.6 Å². The van der Waals surface area contributed by atoms with Crippen molar-refractivity contribution < 1.29 is 41.8 Å². The summed E-state index contributed by atoms with van der Waals surface area (Å²) in [6.07, 6.45) is -1.07. The van der Waals surface area contributed by atoms with Crippen LogP contribution in [0.2, 0.25) is 0 Å². The Morgan fingerprint density at radius 2 is 1.58 bits per heavy atom. The highest BCUT2D eigenvalue weighted by molar-refractivity contribution is 5.98.